The maximum atomic E-state index is 13.3. The number of piperazine rings is 1. The van der Waals surface area contributed by atoms with Crippen molar-refractivity contribution in [3.63, 3.8) is 0 Å². The molecule has 8 nitrogen and oxygen atoms in total. The highest BCUT2D eigenvalue weighted by atomic mass is 32.2. The summed E-state index contributed by atoms with van der Waals surface area (Å²) >= 11 is 0. The van der Waals surface area contributed by atoms with E-state index in [1.54, 1.807) is 16.4 Å². The topological polar surface area (TPSA) is 78.9 Å². The molecule has 9 heteroatoms. The molecule has 2 aliphatic rings. The van der Waals surface area contributed by atoms with Crippen molar-refractivity contribution in [3.05, 3.63) is 59.9 Å². The van der Waals surface area contributed by atoms with E-state index >= 15 is 0 Å². The molecule has 2 aliphatic heterocycles. The van der Waals surface area contributed by atoms with Crippen molar-refractivity contribution in [2.75, 3.05) is 57.4 Å². The van der Waals surface area contributed by atoms with Gasteiger partial charge in [-0.05, 0) is 42.2 Å². The average Bonchev–Trinajstić information content (AvgIpc) is 2.92. The zero-order chi connectivity index (χ0) is 26.2. The third-order valence-electron chi connectivity index (χ3n) is 7.46. The van der Waals surface area contributed by atoms with Crippen LogP contribution in [0, 0.1) is 0 Å². The summed E-state index contributed by atoms with van der Waals surface area (Å²) in [6.07, 6.45) is 0. The van der Waals surface area contributed by atoms with Crippen LogP contribution in [-0.4, -0.2) is 80.1 Å². The lowest BCUT2D eigenvalue weighted by atomic mass is 9.87. The Morgan fingerprint density at radius 3 is 2.16 bits per heavy atom. The summed E-state index contributed by atoms with van der Waals surface area (Å²) in [5.74, 6) is 1.73. The van der Waals surface area contributed by atoms with Gasteiger partial charge in [0.1, 0.15) is 11.6 Å². The summed E-state index contributed by atoms with van der Waals surface area (Å²) in [4.78, 5) is 14.8. The number of rotatable bonds is 5. The van der Waals surface area contributed by atoms with E-state index in [9.17, 15) is 8.42 Å². The van der Waals surface area contributed by atoms with E-state index in [0.29, 0.717) is 44.3 Å². The summed E-state index contributed by atoms with van der Waals surface area (Å²) in [5, 5.41) is 1.05. The summed E-state index contributed by atoms with van der Waals surface area (Å²) in [7, 11) is -3.53. The number of morpholine rings is 1. The number of fused-ring (bicyclic) bond motifs is 1. The van der Waals surface area contributed by atoms with E-state index in [0.717, 1.165) is 41.2 Å². The number of hydrogen-bond donors (Lipinski definition) is 0. The highest BCUT2D eigenvalue weighted by Crippen LogP contribution is 2.30. The molecule has 37 heavy (non-hydrogen) atoms. The van der Waals surface area contributed by atoms with Gasteiger partial charge in [-0.2, -0.15) is 4.31 Å². The van der Waals surface area contributed by atoms with Crippen LogP contribution in [0.1, 0.15) is 45.1 Å². The van der Waals surface area contributed by atoms with Crippen LogP contribution in [0.2, 0.25) is 0 Å². The molecule has 0 spiro atoms. The number of nitrogens with zero attached hydrogens (tertiary/aromatic N) is 5. The fourth-order valence-electron chi connectivity index (χ4n) is 5.05. The third-order valence-corrected chi connectivity index (χ3v) is 9.38. The molecule has 1 atom stereocenters. The molecule has 0 aliphatic carbocycles. The van der Waals surface area contributed by atoms with E-state index in [4.69, 9.17) is 14.7 Å². The number of aromatic nitrogens is 2. The molecule has 1 aromatic heterocycles. The number of sulfonamides is 1. The van der Waals surface area contributed by atoms with Crippen molar-refractivity contribution in [1.82, 2.24) is 19.2 Å². The van der Waals surface area contributed by atoms with E-state index in [2.05, 4.69) is 43.6 Å². The second-order valence-corrected chi connectivity index (χ2v) is 12.9. The van der Waals surface area contributed by atoms with Crippen LogP contribution in [0.4, 0.5) is 5.82 Å². The average molecular weight is 524 g/mol. The van der Waals surface area contributed by atoms with Gasteiger partial charge in [0.15, 0.2) is 0 Å². The Balaban J connectivity index is 1.32. The highest BCUT2D eigenvalue weighted by Gasteiger charge is 2.32. The van der Waals surface area contributed by atoms with Gasteiger partial charge in [-0.25, -0.2) is 18.4 Å². The zero-order valence-electron chi connectivity index (χ0n) is 22.2. The summed E-state index contributed by atoms with van der Waals surface area (Å²) in [6.45, 7) is 13.6. The fourth-order valence-corrected chi connectivity index (χ4v) is 6.47. The summed E-state index contributed by atoms with van der Waals surface area (Å²) in [5.41, 5.74) is 2.04. The first-order valence-electron chi connectivity index (χ1n) is 13.1. The standard InChI is InChI=1S/C28H37N5O3S/c1-21(26-29-25-8-6-5-7-24(25)27(30-26)32-17-19-36-20-18-32)31-13-15-33(16-14-31)37(34,35)23-11-9-22(10-12-23)28(2,3)4/h5-12,21H,13-20H2,1-4H3/t21-/m1/s1. The molecule has 2 saturated heterocycles. The Morgan fingerprint density at radius 1 is 0.865 bits per heavy atom. The van der Waals surface area contributed by atoms with Crippen LogP contribution in [0.5, 0.6) is 0 Å². The molecular weight excluding hydrogens is 486 g/mol. The Kier molecular flexibility index (Phi) is 7.24. The van der Waals surface area contributed by atoms with Crippen molar-refractivity contribution < 1.29 is 13.2 Å². The van der Waals surface area contributed by atoms with E-state index in [-0.39, 0.29) is 11.5 Å². The molecule has 2 aromatic carbocycles. The van der Waals surface area contributed by atoms with Crippen molar-refractivity contribution in [2.24, 2.45) is 0 Å². The normalized spacial score (nSPS) is 19.3. The van der Waals surface area contributed by atoms with Crippen molar-refractivity contribution in [1.29, 1.82) is 0 Å². The lowest BCUT2D eigenvalue weighted by Crippen LogP contribution is -2.49. The maximum Gasteiger partial charge on any atom is 0.243 e. The minimum Gasteiger partial charge on any atom is -0.378 e. The molecule has 0 N–H and O–H groups in total. The van der Waals surface area contributed by atoms with Crippen molar-refractivity contribution >= 4 is 26.7 Å². The Hall–Kier alpha value is -2.59. The Labute approximate surface area is 220 Å². The Bertz CT molecular complexity index is 1340. The van der Waals surface area contributed by atoms with Gasteiger partial charge in [0, 0.05) is 44.7 Å². The minimum absolute atomic E-state index is 0.0173. The highest BCUT2D eigenvalue weighted by molar-refractivity contribution is 7.89. The van der Waals surface area contributed by atoms with Crippen LogP contribution in [0.3, 0.4) is 0 Å². The van der Waals surface area contributed by atoms with E-state index < -0.39 is 10.0 Å². The molecule has 2 fully saturated rings. The Morgan fingerprint density at radius 2 is 1.51 bits per heavy atom. The van der Waals surface area contributed by atoms with Crippen LogP contribution in [-0.2, 0) is 20.2 Å². The first kappa shape index (κ1) is 26.0. The molecule has 0 bridgehead atoms. The van der Waals surface area contributed by atoms with Crippen molar-refractivity contribution in [2.45, 2.75) is 44.0 Å². The molecule has 5 rings (SSSR count). The van der Waals surface area contributed by atoms with E-state index in [1.165, 1.54) is 0 Å². The molecular formula is C28H37N5O3S. The van der Waals surface area contributed by atoms with Gasteiger partial charge >= 0.3 is 0 Å². The maximum absolute atomic E-state index is 13.3. The number of para-hydroxylation sites is 1. The van der Waals surface area contributed by atoms with Crippen LogP contribution >= 0.6 is 0 Å². The number of ether oxygens (including phenoxy) is 1. The second-order valence-electron chi connectivity index (χ2n) is 10.9. The van der Waals surface area contributed by atoms with Gasteiger partial charge in [0.05, 0.1) is 29.7 Å². The summed E-state index contributed by atoms with van der Waals surface area (Å²) in [6, 6.07) is 15.4. The van der Waals surface area contributed by atoms with Gasteiger partial charge in [0.2, 0.25) is 10.0 Å². The van der Waals surface area contributed by atoms with E-state index in [1.807, 2.05) is 30.3 Å². The lowest BCUT2D eigenvalue weighted by Gasteiger charge is -2.37. The molecule has 0 unspecified atom stereocenters. The molecule has 3 heterocycles. The van der Waals surface area contributed by atoms with Crippen LogP contribution in [0.15, 0.2) is 53.4 Å². The first-order valence-corrected chi connectivity index (χ1v) is 14.5. The smallest absolute Gasteiger partial charge is 0.243 e. The number of anilines is 1. The largest absolute Gasteiger partial charge is 0.378 e. The van der Waals surface area contributed by atoms with Crippen molar-refractivity contribution in [3.8, 4) is 0 Å². The molecule has 0 radical (unpaired) electrons. The second kappa shape index (κ2) is 10.3. The molecule has 198 valence electrons. The number of hydrogen-bond acceptors (Lipinski definition) is 7. The number of benzene rings is 2. The summed E-state index contributed by atoms with van der Waals surface area (Å²) < 4.78 is 33.8. The lowest BCUT2D eigenvalue weighted by molar-refractivity contribution is 0.122. The first-order chi connectivity index (χ1) is 17.6. The molecule has 3 aromatic rings. The quantitative estimate of drug-likeness (QED) is 0.503. The monoisotopic (exact) mass is 523 g/mol. The molecule has 0 saturated carbocycles. The van der Waals surface area contributed by atoms with Gasteiger partial charge in [0.25, 0.3) is 0 Å². The third kappa shape index (κ3) is 5.36. The SMILES string of the molecule is C[C@H](c1nc(N2CCOCC2)c2ccccc2n1)N1CCN(S(=O)(=O)c2ccc(C(C)(C)C)cc2)CC1. The van der Waals surface area contributed by atoms with Gasteiger partial charge in [-0.3, -0.25) is 4.90 Å². The van der Waals surface area contributed by atoms with Gasteiger partial charge in [-0.1, -0.05) is 45.0 Å². The zero-order valence-corrected chi connectivity index (χ0v) is 23.0. The van der Waals surface area contributed by atoms with Gasteiger partial charge in [-0.15, -0.1) is 0 Å². The van der Waals surface area contributed by atoms with Crippen LogP contribution < -0.4 is 4.90 Å². The van der Waals surface area contributed by atoms with Gasteiger partial charge < -0.3 is 9.64 Å². The van der Waals surface area contributed by atoms with Crippen LogP contribution in [0.25, 0.3) is 10.9 Å². The minimum atomic E-state index is -3.53. The molecule has 0 amide bonds. The predicted octanol–water partition coefficient (Wildman–Crippen LogP) is 3.83. The fraction of sp³-hybridized carbons (Fsp3) is 0.500. The predicted molar refractivity (Wildman–Crippen MR) is 146 cm³/mol.